The zero-order valence-electron chi connectivity index (χ0n) is 11.8. The third-order valence-corrected chi connectivity index (χ3v) is 5.18. The lowest BCUT2D eigenvalue weighted by molar-refractivity contribution is -0.149. The molecule has 0 amide bonds. The number of sulfonamides is 1. The standard InChI is InChI=1S/C12H18ClN3O4S/c1-3-12(4-2,11(17)18)7-16-21(19,20)9-5-8(13)6-15-10(9)14/h5-6,16H,3-4,7H2,1-2H3,(H2,14,15)(H,17,18). The van der Waals surface area contributed by atoms with Crippen molar-refractivity contribution in [3.63, 3.8) is 0 Å². The highest BCUT2D eigenvalue weighted by Crippen LogP contribution is 2.27. The highest BCUT2D eigenvalue weighted by Gasteiger charge is 2.36. The van der Waals surface area contributed by atoms with Crippen LogP contribution in [0.3, 0.4) is 0 Å². The number of rotatable bonds is 7. The zero-order chi connectivity index (χ0) is 16.3. The molecular formula is C12H18ClN3O4S. The Kier molecular flexibility index (Phi) is 5.54. The van der Waals surface area contributed by atoms with Crippen molar-refractivity contribution in [1.29, 1.82) is 0 Å². The number of carboxylic acids is 1. The Morgan fingerprint density at radius 2 is 2.05 bits per heavy atom. The first-order chi connectivity index (χ1) is 9.68. The van der Waals surface area contributed by atoms with E-state index in [2.05, 4.69) is 9.71 Å². The second-order valence-corrected chi connectivity index (χ2v) is 6.83. The van der Waals surface area contributed by atoms with Gasteiger partial charge in [0.15, 0.2) is 0 Å². The van der Waals surface area contributed by atoms with E-state index in [-0.39, 0.29) is 22.3 Å². The lowest BCUT2D eigenvalue weighted by Gasteiger charge is -2.26. The van der Waals surface area contributed by atoms with E-state index in [0.717, 1.165) is 0 Å². The highest BCUT2D eigenvalue weighted by molar-refractivity contribution is 7.89. The molecule has 118 valence electrons. The second kappa shape index (κ2) is 6.59. The van der Waals surface area contributed by atoms with Crippen LogP contribution in [0.1, 0.15) is 26.7 Å². The quantitative estimate of drug-likeness (QED) is 0.693. The summed E-state index contributed by atoms with van der Waals surface area (Å²) in [6.45, 7) is 3.16. The molecule has 7 nitrogen and oxygen atoms in total. The van der Waals surface area contributed by atoms with Gasteiger partial charge in [-0.05, 0) is 18.9 Å². The van der Waals surface area contributed by atoms with Gasteiger partial charge in [0.25, 0.3) is 0 Å². The SMILES string of the molecule is CCC(CC)(CNS(=O)(=O)c1cc(Cl)cnc1N)C(=O)O. The Hall–Kier alpha value is -1.38. The largest absolute Gasteiger partial charge is 0.481 e. The fraction of sp³-hybridized carbons (Fsp3) is 0.500. The molecule has 0 saturated heterocycles. The van der Waals surface area contributed by atoms with Crippen LogP contribution in [0.2, 0.25) is 5.02 Å². The number of carboxylic acid groups (broad SMARTS) is 1. The molecule has 21 heavy (non-hydrogen) atoms. The molecule has 0 spiro atoms. The maximum Gasteiger partial charge on any atom is 0.310 e. The fourth-order valence-corrected chi connectivity index (χ4v) is 3.29. The summed E-state index contributed by atoms with van der Waals surface area (Å²) in [6, 6.07) is 1.17. The summed E-state index contributed by atoms with van der Waals surface area (Å²) in [5.41, 5.74) is 4.38. The van der Waals surface area contributed by atoms with Crippen LogP contribution in [0, 0.1) is 5.41 Å². The minimum absolute atomic E-state index is 0.125. The van der Waals surface area contributed by atoms with Gasteiger partial charge in [-0.15, -0.1) is 0 Å². The lowest BCUT2D eigenvalue weighted by Crippen LogP contribution is -2.42. The molecule has 0 bridgehead atoms. The third-order valence-electron chi connectivity index (χ3n) is 3.55. The number of hydrogen-bond donors (Lipinski definition) is 3. The molecule has 0 unspecified atom stereocenters. The first kappa shape index (κ1) is 17.7. The van der Waals surface area contributed by atoms with E-state index in [0.29, 0.717) is 12.8 Å². The van der Waals surface area contributed by atoms with Crippen molar-refractivity contribution in [2.24, 2.45) is 5.41 Å². The van der Waals surface area contributed by atoms with Crippen LogP contribution in [-0.2, 0) is 14.8 Å². The molecule has 0 atom stereocenters. The number of nitrogens with zero attached hydrogens (tertiary/aromatic N) is 1. The number of nitrogens with one attached hydrogen (secondary N) is 1. The smallest absolute Gasteiger partial charge is 0.310 e. The summed E-state index contributed by atoms with van der Waals surface area (Å²) >= 11 is 5.71. The molecule has 1 aromatic rings. The normalized spacial score (nSPS) is 12.3. The predicted octanol–water partition coefficient (Wildman–Crippen LogP) is 1.49. The van der Waals surface area contributed by atoms with Gasteiger partial charge in [-0.2, -0.15) is 0 Å². The topological polar surface area (TPSA) is 122 Å². The summed E-state index contributed by atoms with van der Waals surface area (Å²) in [7, 11) is -3.99. The Balaban J connectivity index is 3.06. The molecule has 0 radical (unpaired) electrons. The monoisotopic (exact) mass is 335 g/mol. The highest BCUT2D eigenvalue weighted by atomic mass is 35.5. The summed E-state index contributed by atoms with van der Waals surface area (Å²) < 4.78 is 26.7. The third kappa shape index (κ3) is 3.84. The van der Waals surface area contributed by atoms with Crippen molar-refractivity contribution in [1.82, 2.24) is 9.71 Å². The molecule has 1 rings (SSSR count). The predicted molar refractivity (Wildman–Crippen MR) is 79.5 cm³/mol. The first-order valence-corrected chi connectivity index (χ1v) is 8.18. The Morgan fingerprint density at radius 1 is 1.48 bits per heavy atom. The van der Waals surface area contributed by atoms with Crippen LogP contribution in [0.4, 0.5) is 5.82 Å². The van der Waals surface area contributed by atoms with Crippen LogP contribution in [0.25, 0.3) is 0 Å². The van der Waals surface area contributed by atoms with Gasteiger partial charge in [-0.25, -0.2) is 18.1 Å². The number of carbonyl (C=O) groups is 1. The number of pyridine rings is 1. The molecule has 9 heteroatoms. The Morgan fingerprint density at radius 3 is 2.52 bits per heavy atom. The van der Waals surface area contributed by atoms with Gasteiger partial charge in [0.05, 0.1) is 10.4 Å². The van der Waals surface area contributed by atoms with Gasteiger partial charge < -0.3 is 10.8 Å². The van der Waals surface area contributed by atoms with Gasteiger partial charge in [0.1, 0.15) is 10.7 Å². The summed E-state index contributed by atoms with van der Waals surface area (Å²) in [6.07, 6.45) is 1.82. The Labute approximate surface area is 128 Å². The molecule has 1 aromatic heterocycles. The summed E-state index contributed by atoms with van der Waals surface area (Å²) in [5, 5.41) is 9.42. The number of aliphatic carboxylic acids is 1. The molecule has 0 aromatic carbocycles. The van der Waals surface area contributed by atoms with Crippen LogP contribution in [0.5, 0.6) is 0 Å². The van der Waals surface area contributed by atoms with Crippen molar-refractivity contribution in [3.8, 4) is 0 Å². The first-order valence-electron chi connectivity index (χ1n) is 6.32. The number of halogens is 1. The van der Waals surface area contributed by atoms with E-state index in [1.807, 2.05) is 0 Å². The molecule has 4 N–H and O–H groups in total. The second-order valence-electron chi connectivity index (χ2n) is 4.65. The summed E-state index contributed by atoms with van der Waals surface area (Å²) in [4.78, 5) is 14.8. The van der Waals surface area contributed by atoms with Gasteiger partial charge >= 0.3 is 5.97 Å². The van der Waals surface area contributed by atoms with Crippen LogP contribution in [0.15, 0.2) is 17.2 Å². The van der Waals surface area contributed by atoms with Crippen LogP contribution < -0.4 is 10.5 Å². The minimum Gasteiger partial charge on any atom is -0.481 e. The van der Waals surface area contributed by atoms with E-state index < -0.39 is 21.4 Å². The van der Waals surface area contributed by atoms with Gasteiger partial charge in [0, 0.05) is 12.7 Å². The molecule has 0 saturated carbocycles. The zero-order valence-corrected chi connectivity index (χ0v) is 13.3. The molecule has 0 aliphatic heterocycles. The van der Waals surface area contributed by atoms with E-state index in [4.69, 9.17) is 17.3 Å². The summed E-state index contributed by atoms with van der Waals surface area (Å²) in [5.74, 6) is -1.24. The van der Waals surface area contributed by atoms with E-state index >= 15 is 0 Å². The maximum atomic E-state index is 12.2. The molecular weight excluding hydrogens is 318 g/mol. The number of nitrogen functional groups attached to an aromatic ring is 1. The molecule has 0 aliphatic carbocycles. The van der Waals surface area contributed by atoms with E-state index in [1.54, 1.807) is 13.8 Å². The lowest BCUT2D eigenvalue weighted by atomic mass is 9.83. The fourth-order valence-electron chi connectivity index (χ4n) is 1.84. The van der Waals surface area contributed by atoms with Crippen molar-refractivity contribution in [3.05, 3.63) is 17.3 Å². The van der Waals surface area contributed by atoms with Crippen LogP contribution in [-0.4, -0.2) is 31.0 Å². The number of anilines is 1. The number of aromatic nitrogens is 1. The number of nitrogens with two attached hydrogens (primary N) is 1. The minimum atomic E-state index is -3.99. The van der Waals surface area contributed by atoms with E-state index in [1.165, 1.54) is 12.3 Å². The van der Waals surface area contributed by atoms with E-state index in [9.17, 15) is 18.3 Å². The van der Waals surface area contributed by atoms with Crippen molar-refractivity contribution < 1.29 is 18.3 Å². The molecule has 0 aliphatic rings. The van der Waals surface area contributed by atoms with Crippen molar-refractivity contribution in [2.75, 3.05) is 12.3 Å². The number of hydrogen-bond acceptors (Lipinski definition) is 5. The molecule has 1 heterocycles. The maximum absolute atomic E-state index is 12.2. The van der Waals surface area contributed by atoms with Crippen molar-refractivity contribution in [2.45, 2.75) is 31.6 Å². The Bertz CT molecular complexity index is 629. The van der Waals surface area contributed by atoms with Crippen molar-refractivity contribution >= 4 is 33.4 Å². The van der Waals surface area contributed by atoms with Crippen LogP contribution >= 0.6 is 11.6 Å². The molecule has 0 fully saturated rings. The average Bonchev–Trinajstić information content (AvgIpc) is 2.42. The van der Waals surface area contributed by atoms with Gasteiger partial charge in [-0.1, -0.05) is 25.4 Å². The van der Waals surface area contributed by atoms with Gasteiger partial charge in [-0.3, -0.25) is 4.79 Å². The van der Waals surface area contributed by atoms with Gasteiger partial charge in [0.2, 0.25) is 10.0 Å². The average molecular weight is 336 g/mol.